The maximum absolute atomic E-state index is 12.8. The Kier molecular flexibility index (Phi) is 6.42. The van der Waals surface area contributed by atoms with Gasteiger partial charge in [0.05, 0.1) is 30.8 Å². The first-order chi connectivity index (χ1) is 11.8. The number of methoxy groups -OCH3 is 1. The molecule has 0 bridgehead atoms. The molecule has 1 fully saturated rings. The summed E-state index contributed by atoms with van der Waals surface area (Å²) in [5.74, 6) is 0.254. The Bertz CT molecular complexity index is 712. The Labute approximate surface area is 149 Å². The molecule has 1 saturated heterocycles. The molecule has 0 aliphatic carbocycles. The van der Waals surface area contributed by atoms with E-state index in [1.54, 1.807) is 4.90 Å². The van der Waals surface area contributed by atoms with Crippen molar-refractivity contribution < 1.29 is 22.7 Å². The van der Waals surface area contributed by atoms with Crippen LogP contribution in [0.5, 0.6) is 5.75 Å². The van der Waals surface area contributed by atoms with Gasteiger partial charge in [0.25, 0.3) is 5.91 Å². The van der Waals surface area contributed by atoms with Crippen LogP contribution >= 0.6 is 0 Å². The predicted molar refractivity (Wildman–Crippen MR) is 94.3 cm³/mol. The summed E-state index contributed by atoms with van der Waals surface area (Å²) in [4.78, 5) is 14.5. The molecule has 1 atom stereocenters. The van der Waals surface area contributed by atoms with Gasteiger partial charge in [0, 0.05) is 19.1 Å². The molecule has 1 aliphatic rings. The van der Waals surface area contributed by atoms with E-state index in [1.165, 1.54) is 25.3 Å². The molecule has 0 radical (unpaired) electrons. The highest BCUT2D eigenvalue weighted by atomic mass is 32.2. The van der Waals surface area contributed by atoms with Crippen LogP contribution in [0.25, 0.3) is 0 Å². The second-order valence-electron chi connectivity index (χ2n) is 6.42. The smallest absolute Gasteiger partial charge is 0.257 e. The fourth-order valence-electron chi connectivity index (χ4n) is 2.41. The largest absolute Gasteiger partial charge is 0.496 e. The van der Waals surface area contributed by atoms with Crippen molar-refractivity contribution in [3.05, 3.63) is 23.8 Å². The topological polar surface area (TPSA) is 84.9 Å². The minimum absolute atomic E-state index is 0.0532. The Morgan fingerprint density at radius 3 is 2.44 bits per heavy atom. The van der Waals surface area contributed by atoms with E-state index in [-0.39, 0.29) is 28.3 Å². The third-order valence-corrected chi connectivity index (χ3v) is 5.91. The van der Waals surface area contributed by atoms with Gasteiger partial charge in [-0.2, -0.15) is 0 Å². The Morgan fingerprint density at radius 1 is 1.24 bits per heavy atom. The monoisotopic (exact) mass is 370 g/mol. The van der Waals surface area contributed by atoms with Gasteiger partial charge in [-0.05, 0) is 31.0 Å². The number of hydrogen-bond acceptors (Lipinski definition) is 5. The highest BCUT2D eigenvalue weighted by Gasteiger charge is 2.25. The van der Waals surface area contributed by atoms with Crippen molar-refractivity contribution in [3.63, 3.8) is 0 Å². The number of sulfonamides is 1. The second kappa shape index (κ2) is 8.16. The van der Waals surface area contributed by atoms with E-state index in [0.717, 1.165) is 0 Å². The molecule has 0 aromatic heterocycles. The summed E-state index contributed by atoms with van der Waals surface area (Å²) in [7, 11) is -2.26. The van der Waals surface area contributed by atoms with E-state index in [9.17, 15) is 13.2 Å². The fourth-order valence-corrected chi connectivity index (χ4v) is 3.82. The van der Waals surface area contributed by atoms with Crippen LogP contribution in [0, 0.1) is 5.92 Å². The fraction of sp³-hybridized carbons (Fsp3) is 0.588. The molecule has 0 spiro atoms. The second-order valence-corrected chi connectivity index (χ2v) is 8.13. The molecule has 1 unspecified atom stereocenters. The quantitative estimate of drug-likeness (QED) is 0.820. The average molecular weight is 370 g/mol. The number of ether oxygens (including phenoxy) is 2. The van der Waals surface area contributed by atoms with E-state index >= 15 is 0 Å². The summed E-state index contributed by atoms with van der Waals surface area (Å²) in [6.07, 6.45) is 0. The molecule has 140 valence electrons. The molecule has 1 aromatic carbocycles. The van der Waals surface area contributed by atoms with Crippen LogP contribution < -0.4 is 9.46 Å². The average Bonchev–Trinajstić information content (AvgIpc) is 2.60. The zero-order valence-electron chi connectivity index (χ0n) is 15.1. The number of amides is 1. The molecule has 0 saturated carbocycles. The van der Waals surface area contributed by atoms with Crippen molar-refractivity contribution in [1.29, 1.82) is 0 Å². The Hall–Kier alpha value is -1.64. The van der Waals surface area contributed by atoms with Crippen LogP contribution in [0.3, 0.4) is 0 Å². The minimum Gasteiger partial charge on any atom is -0.496 e. The summed E-state index contributed by atoms with van der Waals surface area (Å²) in [5.41, 5.74) is 0.240. The first kappa shape index (κ1) is 19.7. The predicted octanol–water partition coefficient (Wildman–Crippen LogP) is 1.49. The van der Waals surface area contributed by atoms with Crippen molar-refractivity contribution >= 4 is 15.9 Å². The molecule has 7 nitrogen and oxygen atoms in total. The molecule has 8 heteroatoms. The molecular formula is C17H26N2O5S. The molecule has 2 rings (SSSR count). The summed E-state index contributed by atoms with van der Waals surface area (Å²) in [6, 6.07) is 4.13. The number of carbonyl (C=O) groups is 1. The standard InChI is InChI=1S/C17H26N2O5S/c1-12(2)13(3)18-25(21,22)14-5-6-16(23-4)15(11-14)17(20)19-7-9-24-10-8-19/h5-6,11-13,18H,7-10H2,1-4H3. The lowest BCUT2D eigenvalue weighted by Gasteiger charge is -2.27. The van der Waals surface area contributed by atoms with E-state index < -0.39 is 10.0 Å². The zero-order chi connectivity index (χ0) is 18.6. The molecule has 1 aromatic rings. The number of carbonyl (C=O) groups excluding carboxylic acids is 1. The summed E-state index contributed by atoms with van der Waals surface area (Å²) in [5, 5.41) is 0. The first-order valence-electron chi connectivity index (χ1n) is 8.33. The van der Waals surface area contributed by atoms with Crippen LogP contribution in [0.2, 0.25) is 0 Å². The summed E-state index contributed by atoms with van der Waals surface area (Å²) >= 11 is 0. The normalized spacial score (nSPS) is 16.8. The van der Waals surface area contributed by atoms with Crippen LogP contribution in [0.4, 0.5) is 0 Å². The van der Waals surface area contributed by atoms with E-state index in [2.05, 4.69) is 4.72 Å². The van der Waals surface area contributed by atoms with Crippen LogP contribution in [-0.2, 0) is 14.8 Å². The van der Waals surface area contributed by atoms with Crippen LogP contribution in [0.1, 0.15) is 31.1 Å². The zero-order valence-corrected chi connectivity index (χ0v) is 15.9. The number of nitrogens with one attached hydrogen (secondary N) is 1. The number of nitrogens with zero attached hydrogens (tertiary/aromatic N) is 1. The highest BCUT2D eigenvalue weighted by Crippen LogP contribution is 2.25. The lowest BCUT2D eigenvalue weighted by molar-refractivity contribution is 0.0300. The van der Waals surface area contributed by atoms with Crippen molar-refractivity contribution in [3.8, 4) is 5.75 Å². The molecule has 25 heavy (non-hydrogen) atoms. The van der Waals surface area contributed by atoms with Gasteiger partial charge >= 0.3 is 0 Å². The van der Waals surface area contributed by atoms with Gasteiger partial charge in [0.2, 0.25) is 10.0 Å². The highest BCUT2D eigenvalue weighted by molar-refractivity contribution is 7.89. The van der Waals surface area contributed by atoms with E-state index in [0.29, 0.717) is 32.1 Å². The van der Waals surface area contributed by atoms with E-state index in [1.807, 2.05) is 20.8 Å². The van der Waals surface area contributed by atoms with Crippen molar-refractivity contribution in [1.82, 2.24) is 9.62 Å². The van der Waals surface area contributed by atoms with Gasteiger partial charge in [-0.3, -0.25) is 4.79 Å². The Morgan fingerprint density at radius 2 is 1.88 bits per heavy atom. The maximum atomic E-state index is 12.8. The van der Waals surface area contributed by atoms with Crippen molar-refractivity contribution in [2.75, 3.05) is 33.4 Å². The summed E-state index contributed by atoms with van der Waals surface area (Å²) in [6.45, 7) is 7.58. The van der Waals surface area contributed by atoms with Gasteiger partial charge in [-0.25, -0.2) is 13.1 Å². The summed E-state index contributed by atoms with van der Waals surface area (Å²) < 4.78 is 38.3. The third-order valence-electron chi connectivity index (χ3n) is 4.35. The molecule has 1 N–H and O–H groups in total. The van der Waals surface area contributed by atoms with Crippen LogP contribution in [0.15, 0.2) is 23.1 Å². The lowest BCUT2D eigenvalue weighted by atomic mass is 10.1. The molecular weight excluding hydrogens is 344 g/mol. The third kappa shape index (κ3) is 4.71. The number of rotatable bonds is 6. The van der Waals surface area contributed by atoms with Gasteiger partial charge in [-0.1, -0.05) is 13.8 Å². The van der Waals surface area contributed by atoms with Crippen LogP contribution in [-0.4, -0.2) is 58.7 Å². The molecule has 1 heterocycles. The van der Waals surface area contributed by atoms with E-state index in [4.69, 9.17) is 9.47 Å². The minimum atomic E-state index is -3.72. The lowest BCUT2D eigenvalue weighted by Crippen LogP contribution is -2.41. The van der Waals surface area contributed by atoms with Gasteiger partial charge < -0.3 is 14.4 Å². The molecule has 1 amide bonds. The van der Waals surface area contributed by atoms with Crippen molar-refractivity contribution in [2.24, 2.45) is 5.92 Å². The van der Waals surface area contributed by atoms with Crippen molar-refractivity contribution in [2.45, 2.75) is 31.7 Å². The van der Waals surface area contributed by atoms with Gasteiger partial charge in [-0.15, -0.1) is 0 Å². The SMILES string of the molecule is COc1ccc(S(=O)(=O)NC(C)C(C)C)cc1C(=O)N1CCOCC1. The van der Waals surface area contributed by atoms with Gasteiger partial charge in [0.1, 0.15) is 5.75 Å². The number of benzene rings is 1. The maximum Gasteiger partial charge on any atom is 0.257 e. The number of hydrogen-bond donors (Lipinski definition) is 1. The Balaban J connectivity index is 2.34. The molecule has 1 aliphatic heterocycles. The first-order valence-corrected chi connectivity index (χ1v) is 9.82. The van der Waals surface area contributed by atoms with Gasteiger partial charge in [0.15, 0.2) is 0 Å². The number of morpholine rings is 1.